The lowest BCUT2D eigenvalue weighted by Gasteiger charge is -2.28. The highest BCUT2D eigenvalue weighted by Gasteiger charge is 2.38. The van der Waals surface area contributed by atoms with Gasteiger partial charge >= 0.3 is 12.1 Å². The Hall–Kier alpha value is -2.79. The van der Waals surface area contributed by atoms with Crippen LogP contribution in [0.3, 0.4) is 0 Å². The normalized spacial score (nSPS) is 20.2. The maximum absolute atomic E-state index is 10.6. The van der Waals surface area contributed by atoms with E-state index in [1.165, 1.54) is 11.1 Å². The van der Waals surface area contributed by atoms with Crippen LogP contribution in [0.4, 0.5) is 13.2 Å². The molecular weight excluding hydrogens is 431 g/mol. The fourth-order valence-corrected chi connectivity index (χ4v) is 3.84. The minimum Gasteiger partial charge on any atom is -0.475 e. The molecule has 2 aromatic rings. The Morgan fingerprint density at radius 2 is 2.00 bits per heavy atom. The molecule has 2 aliphatic heterocycles. The third kappa shape index (κ3) is 6.13. The third-order valence-corrected chi connectivity index (χ3v) is 5.25. The molecule has 0 amide bonds. The number of alkyl halides is 3. The van der Waals surface area contributed by atoms with Crippen molar-refractivity contribution in [2.45, 2.75) is 44.6 Å². The number of aliphatic carboxylic acids is 1. The summed E-state index contributed by atoms with van der Waals surface area (Å²) in [5.74, 6) is -1.07. The van der Waals surface area contributed by atoms with Crippen molar-refractivity contribution in [3.05, 3.63) is 41.7 Å². The van der Waals surface area contributed by atoms with Crippen LogP contribution in [-0.2, 0) is 29.5 Å². The average molecular weight is 457 g/mol. The van der Waals surface area contributed by atoms with E-state index in [4.69, 9.17) is 24.1 Å². The van der Waals surface area contributed by atoms with Crippen LogP contribution in [0.5, 0.6) is 11.5 Å². The highest BCUT2D eigenvalue weighted by atomic mass is 19.4. The lowest BCUT2D eigenvalue weighted by molar-refractivity contribution is -0.192. The number of carbonyl (C=O) groups is 1. The molecule has 32 heavy (non-hydrogen) atoms. The number of aryl methyl sites for hydroxylation is 1. The lowest BCUT2D eigenvalue weighted by atomic mass is 10.0. The fraction of sp³-hybridized carbons (Fsp3) is 0.524. The first-order valence-corrected chi connectivity index (χ1v) is 10.2. The summed E-state index contributed by atoms with van der Waals surface area (Å²) in [6.07, 6.45) is 1.28. The van der Waals surface area contributed by atoms with Gasteiger partial charge in [-0.2, -0.15) is 18.3 Å². The number of rotatable bonds is 6. The Bertz CT molecular complexity index is 918. The summed E-state index contributed by atoms with van der Waals surface area (Å²) in [6, 6.07) is 6.60. The highest BCUT2D eigenvalue weighted by molar-refractivity contribution is 5.73. The molecule has 1 N–H and O–H groups in total. The zero-order valence-electron chi connectivity index (χ0n) is 17.8. The van der Waals surface area contributed by atoms with E-state index in [9.17, 15) is 13.2 Å². The van der Waals surface area contributed by atoms with Crippen molar-refractivity contribution >= 4 is 5.97 Å². The molecule has 0 saturated carbocycles. The lowest BCUT2D eigenvalue weighted by Crippen LogP contribution is -2.37. The van der Waals surface area contributed by atoms with Crippen LogP contribution in [-0.4, -0.2) is 64.0 Å². The van der Waals surface area contributed by atoms with Crippen LogP contribution in [0, 0.1) is 0 Å². The van der Waals surface area contributed by atoms with E-state index >= 15 is 0 Å². The number of benzene rings is 1. The summed E-state index contributed by atoms with van der Waals surface area (Å²) in [5, 5.41) is 11.4. The third-order valence-electron chi connectivity index (χ3n) is 5.25. The Morgan fingerprint density at radius 1 is 1.28 bits per heavy atom. The molecule has 11 heteroatoms. The quantitative estimate of drug-likeness (QED) is 0.714. The van der Waals surface area contributed by atoms with E-state index in [0.29, 0.717) is 12.8 Å². The smallest absolute Gasteiger partial charge is 0.475 e. The van der Waals surface area contributed by atoms with Crippen LogP contribution >= 0.6 is 0 Å². The van der Waals surface area contributed by atoms with Crippen LogP contribution < -0.4 is 9.47 Å². The van der Waals surface area contributed by atoms with Crippen molar-refractivity contribution in [1.29, 1.82) is 0 Å². The molecule has 1 fully saturated rings. The van der Waals surface area contributed by atoms with Gasteiger partial charge in [-0.05, 0) is 43.0 Å². The fourth-order valence-electron chi connectivity index (χ4n) is 3.84. The molecule has 1 aromatic carbocycles. The molecule has 8 nitrogen and oxygen atoms in total. The largest absolute Gasteiger partial charge is 0.490 e. The summed E-state index contributed by atoms with van der Waals surface area (Å²) in [7, 11) is 1.96. The molecule has 0 spiro atoms. The van der Waals surface area contributed by atoms with E-state index in [1.54, 1.807) is 0 Å². The van der Waals surface area contributed by atoms with Gasteiger partial charge in [0.25, 0.3) is 0 Å². The molecule has 1 saturated heterocycles. The van der Waals surface area contributed by atoms with Crippen molar-refractivity contribution in [2.24, 2.45) is 7.05 Å². The van der Waals surface area contributed by atoms with Crippen molar-refractivity contribution < 1.29 is 37.3 Å². The predicted molar refractivity (Wildman–Crippen MR) is 107 cm³/mol. The number of fused-ring (bicyclic) bond motifs is 1. The Morgan fingerprint density at radius 3 is 2.62 bits per heavy atom. The van der Waals surface area contributed by atoms with E-state index in [-0.39, 0.29) is 6.10 Å². The first-order chi connectivity index (χ1) is 15.2. The maximum Gasteiger partial charge on any atom is 0.490 e. The molecule has 0 radical (unpaired) electrons. The number of carboxylic acids is 1. The SMILES string of the molecule is CCO[C@@H]1CCN(Cc2ccc3c(c2)OCO3)[C@@H]1Cc1cnn(C)c1.O=C(O)C(F)(F)F. The summed E-state index contributed by atoms with van der Waals surface area (Å²) in [4.78, 5) is 11.4. The Balaban J connectivity index is 0.000000360. The van der Waals surface area contributed by atoms with Gasteiger partial charge in [-0.1, -0.05) is 6.07 Å². The summed E-state index contributed by atoms with van der Waals surface area (Å²) >= 11 is 0. The van der Waals surface area contributed by atoms with Crippen LogP contribution in [0.2, 0.25) is 0 Å². The van der Waals surface area contributed by atoms with Crippen LogP contribution in [0.1, 0.15) is 24.5 Å². The average Bonchev–Trinajstić information content (AvgIpc) is 3.44. The number of halogens is 3. The standard InChI is InChI=1S/C19H25N3O3.C2HF3O2/c1-3-23-17-6-7-22(16(17)8-15-10-20-21(2)11-15)12-14-4-5-18-19(9-14)25-13-24-18;3-2(4,5)1(6)7/h4-5,9-11,16-17H,3,6-8,12-13H2,1-2H3;(H,6,7)/t16-,17-;/m1./s1. The van der Waals surface area contributed by atoms with E-state index in [1.807, 2.05) is 24.0 Å². The zero-order chi connectivity index (χ0) is 23.3. The number of ether oxygens (including phenoxy) is 3. The zero-order valence-corrected chi connectivity index (χ0v) is 17.8. The molecule has 0 aliphatic carbocycles. The van der Waals surface area contributed by atoms with Gasteiger partial charge in [0.2, 0.25) is 6.79 Å². The van der Waals surface area contributed by atoms with E-state index in [2.05, 4.69) is 35.3 Å². The predicted octanol–water partition coefficient (Wildman–Crippen LogP) is 3.00. The van der Waals surface area contributed by atoms with Crippen molar-refractivity contribution in [2.75, 3.05) is 19.9 Å². The van der Waals surface area contributed by atoms with Gasteiger partial charge < -0.3 is 19.3 Å². The summed E-state index contributed by atoms with van der Waals surface area (Å²) in [6.45, 7) is 5.08. The molecule has 4 rings (SSSR count). The number of likely N-dealkylation sites (tertiary alicyclic amines) is 1. The van der Waals surface area contributed by atoms with Crippen molar-refractivity contribution in [3.63, 3.8) is 0 Å². The molecule has 176 valence electrons. The molecular formula is C21H26F3N3O5. The number of hydrogen-bond donors (Lipinski definition) is 1. The second kappa shape index (κ2) is 10.2. The second-order valence-electron chi connectivity index (χ2n) is 7.54. The highest BCUT2D eigenvalue weighted by Crippen LogP contribution is 2.34. The Labute approximate surface area is 183 Å². The first kappa shape index (κ1) is 23.9. The summed E-state index contributed by atoms with van der Waals surface area (Å²) in [5.41, 5.74) is 2.51. The Kier molecular flexibility index (Phi) is 7.62. The minimum atomic E-state index is -5.08. The van der Waals surface area contributed by atoms with Gasteiger partial charge in [0.05, 0.1) is 12.3 Å². The van der Waals surface area contributed by atoms with Crippen LogP contribution in [0.25, 0.3) is 0 Å². The van der Waals surface area contributed by atoms with Gasteiger partial charge in [0.15, 0.2) is 11.5 Å². The number of carboxylic acid groups (broad SMARTS) is 1. The van der Waals surface area contributed by atoms with Gasteiger partial charge in [-0.25, -0.2) is 4.79 Å². The topological polar surface area (TPSA) is 86.1 Å². The molecule has 0 unspecified atom stereocenters. The van der Waals surface area contributed by atoms with Gasteiger partial charge in [-0.3, -0.25) is 9.58 Å². The molecule has 3 heterocycles. The van der Waals surface area contributed by atoms with E-state index < -0.39 is 12.1 Å². The van der Waals surface area contributed by atoms with Gasteiger partial charge in [0, 0.05) is 39.0 Å². The summed E-state index contributed by atoms with van der Waals surface area (Å²) < 4.78 is 50.5. The first-order valence-electron chi connectivity index (χ1n) is 10.2. The van der Waals surface area contributed by atoms with Crippen molar-refractivity contribution in [3.8, 4) is 11.5 Å². The molecule has 0 bridgehead atoms. The second-order valence-corrected chi connectivity index (χ2v) is 7.54. The minimum absolute atomic E-state index is 0.277. The maximum atomic E-state index is 10.6. The number of hydrogen-bond acceptors (Lipinski definition) is 6. The molecule has 2 atom stereocenters. The van der Waals surface area contributed by atoms with Crippen LogP contribution in [0.15, 0.2) is 30.6 Å². The van der Waals surface area contributed by atoms with Crippen molar-refractivity contribution in [1.82, 2.24) is 14.7 Å². The van der Waals surface area contributed by atoms with E-state index in [0.717, 1.165) is 44.0 Å². The molecule has 2 aliphatic rings. The van der Waals surface area contributed by atoms with Gasteiger partial charge in [-0.15, -0.1) is 0 Å². The van der Waals surface area contributed by atoms with Gasteiger partial charge in [0.1, 0.15) is 0 Å². The monoisotopic (exact) mass is 457 g/mol. The number of nitrogens with zero attached hydrogens (tertiary/aromatic N) is 3. The number of aromatic nitrogens is 2. The molecule has 1 aromatic heterocycles.